The average molecular weight is 813 g/mol. The van der Waals surface area contributed by atoms with Crippen LogP contribution in [0, 0.1) is 0 Å². The Balaban J connectivity index is 1.03. The summed E-state index contributed by atoms with van der Waals surface area (Å²) < 4.78 is 2.59. The van der Waals surface area contributed by atoms with Crippen LogP contribution in [0.5, 0.6) is 0 Å². The zero-order valence-corrected chi connectivity index (χ0v) is 34.6. The van der Waals surface area contributed by atoms with Gasteiger partial charge in [-0.1, -0.05) is 194 Å². The summed E-state index contributed by atoms with van der Waals surface area (Å²) in [4.78, 5) is 10.4. The molecule has 8 aromatic carbocycles. The summed E-state index contributed by atoms with van der Waals surface area (Å²) in [5.41, 5.74) is 22.8. The predicted molar refractivity (Wildman–Crippen MR) is 261 cm³/mol. The van der Waals surface area contributed by atoms with Crippen molar-refractivity contribution in [2.75, 3.05) is 0 Å². The lowest BCUT2D eigenvalue weighted by Crippen LogP contribution is -2.22. The van der Waals surface area contributed by atoms with E-state index in [0.717, 1.165) is 78.4 Å². The minimum atomic E-state index is -0.409. The number of rotatable bonds is 8. The van der Waals surface area contributed by atoms with Crippen molar-refractivity contribution >= 4 is 54.6 Å². The quantitative estimate of drug-likeness (QED) is 0.160. The molecule has 0 amide bonds. The van der Waals surface area contributed by atoms with Crippen molar-refractivity contribution in [2.45, 2.75) is 6.04 Å². The molecule has 11 rings (SSSR count). The maximum Gasteiger partial charge on any atom is 0.160 e. The first-order valence-electron chi connectivity index (χ1n) is 20.9. The largest absolute Gasteiger partial charge is 0.354 e. The second-order valence-corrected chi connectivity index (χ2v) is 16.6. The normalized spacial score (nSPS) is 13.6. The van der Waals surface area contributed by atoms with Gasteiger partial charge in [-0.2, -0.15) is 0 Å². The van der Waals surface area contributed by atoms with Gasteiger partial charge in [-0.05, 0) is 57.7 Å². The third-order valence-electron chi connectivity index (χ3n) is 11.7. The SMILES string of the molecule is NC(/C(=C1\NC(c2ccccc2)=Cc2ccccc21)c1ccc(-c2cc(-c3cccc(-c4cccc5c4sc4ccccc45)c3)nc(-c3ccccc3)n2)cc1)c1ccccc1. The molecule has 0 spiro atoms. The zero-order valence-electron chi connectivity index (χ0n) is 33.7. The monoisotopic (exact) mass is 812 g/mol. The molecule has 5 heteroatoms. The van der Waals surface area contributed by atoms with E-state index in [1.54, 1.807) is 0 Å². The Labute approximate surface area is 365 Å². The van der Waals surface area contributed by atoms with Gasteiger partial charge in [0.1, 0.15) is 0 Å². The molecule has 0 saturated heterocycles. The first kappa shape index (κ1) is 37.3. The van der Waals surface area contributed by atoms with Crippen LogP contribution in [-0.2, 0) is 0 Å². The van der Waals surface area contributed by atoms with Crippen molar-refractivity contribution in [3.05, 3.63) is 240 Å². The van der Waals surface area contributed by atoms with Crippen molar-refractivity contribution in [3.8, 4) is 45.0 Å². The van der Waals surface area contributed by atoms with E-state index in [1.807, 2.05) is 41.7 Å². The zero-order chi connectivity index (χ0) is 41.4. The standard InChI is InChI=1S/C57H40N4S/c58-54(40-18-6-2-7-19-40)53(55-45-25-11-10-22-43(45)35-49(59-55)37-16-4-1-5-17-37)39-32-30-38(31-33-39)50-36-51(61-57(60-50)41-20-8-3-9-21-41)44-24-14-23-42(34-44)46-27-15-28-48-47-26-12-13-29-52(47)62-56(46)48/h1-36,54,59H,58H2/b55-53-. The fourth-order valence-electron chi connectivity index (χ4n) is 8.64. The summed E-state index contributed by atoms with van der Waals surface area (Å²) in [6.45, 7) is 0. The van der Waals surface area contributed by atoms with Crippen LogP contribution < -0.4 is 11.1 Å². The van der Waals surface area contributed by atoms with Crippen molar-refractivity contribution in [3.63, 3.8) is 0 Å². The van der Waals surface area contributed by atoms with Crippen LogP contribution in [0.15, 0.2) is 212 Å². The molecule has 3 N–H and O–H groups in total. The van der Waals surface area contributed by atoms with Gasteiger partial charge >= 0.3 is 0 Å². The molecule has 1 aliphatic rings. The highest BCUT2D eigenvalue weighted by atomic mass is 32.1. The molecule has 1 aliphatic heterocycles. The van der Waals surface area contributed by atoms with Crippen LogP contribution in [0.2, 0.25) is 0 Å². The van der Waals surface area contributed by atoms with Gasteiger partial charge in [0.2, 0.25) is 0 Å². The Kier molecular flexibility index (Phi) is 9.66. The first-order chi connectivity index (χ1) is 30.6. The summed E-state index contributed by atoms with van der Waals surface area (Å²) in [5.74, 6) is 0.677. The van der Waals surface area contributed by atoms with Crippen LogP contribution in [0.1, 0.15) is 33.9 Å². The lowest BCUT2D eigenvalue weighted by atomic mass is 9.86. The van der Waals surface area contributed by atoms with Crippen molar-refractivity contribution in [2.24, 2.45) is 5.73 Å². The molecule has 10 aromatic rings. The Morgan fingerprint density at radius 2 is 1.08 bits per heavy atom. The number of hydrogen-bond donors (Lipinski definition) is 2. The van der Waals surface area contributed by atoms with E-state index < -0.39 is 6.04 Å². The minimum absolute atomic E-state index is 0.409. The summed E-state index contributed by atoms with van der Waals surface area (Å²) in [6.07, 6.45) is 2.22. The molecule has 1 atom stereocenters. The Hall–Kier alpha value is -7.70. The average Bonchev–Trinajstić information content (AvgIpc) is 3.74. The number of nitrogens with one attached hydrogen (secondary N) is 1. The van der Waals surface area contributed by atoms with E-state index in [9.17, 15) is 0 Å². The third kappa shape index (κ3) is 6.99. The molecule has 2 aromatic heterocycles. The number of nitrogens with two attached hydrogens (primary N) is 1. The Morgan fingerprint density at radius 3 is 1.87 bits per heavy atom. The molecule has 3 heterocycles. The number of hydrogen-bond acceptors (Lipinski definition) is 5. The van der Waals surface area contributed by atoms with Gasteiger partial charge < -0.3 is 11.1 Å². The Morgan fingerprint density at radius 1 is 0.484 bits per heavy atom. The highest BCUT2D eigenvalue weighted by Gasteiger charge is 2.25. The summed E-state index contributed by atoms with van der Waals surface area (Å²) in [6, 6.07) is 74.0. The Bertz CT molecular complexity index is 3310. The second-order valence-electron chi connectivity index (χ2n) is 15.6. The van der Waals surface area contributed by atoms with Gasteiger partial charge in [0, 0.05) is 53.7 Å². The number of thiophene rings is 1. The van der Waals surface area contributed by atoms with E-state index >= 15 is 0 Å². The third-order valence-corrected chi connectivity index (χ3v) is 13.0. The van der Waals surface area contributed by atoms with Crippen molar-refractivity contribution < 1.29 is 0 Å². The van der Waals surface area contributed by atoms with E-state index in [4.69, 9.17) is 15.7 Å². The van der Waals surface area contributed by atoms with E-state index in [2.05, 4.69) is 193 Å². The van der Waals surface area contributed by atoms with Crippen molar-refractivity contribution in [1.82, 2.24) is 15.3 Å². The van der Waals surface area contributed by atoms with Crippen LogP contribution in [0.4, 0.5) is 0 Å². The van der Waals surface area contributed by atoms with Gasteiger partial charge in [-0.15, -0.1) is 11.3 Å². The van der Waals surface area contributed by atoms with Gasteiger partial charge in [0.25, 0.3) is 0 Å². The summed E-state index contributed by atoms with van der Waals surface area (Å²) >= 11 is 1.85. The smallest absolute Gasteiger partial charge is 0.160 e. The molecule has 0 bridgehead atoms. The highest BCUT2D eigenvalue weighted by molar-refractivity contribution is 7.26. The first-order valence-corrected chi connectivity index (χ1v) is 21.7. The summed E-state index contributed by atoms with van der Waals surface area (Å²) in [5, 5.41) is 6.43. The van der Waals surface area contributed by atoms with Gasteiger partial charge in [0.05, 0.1) is 23.1 Å². The van der Waals surface area contributed by atoms with Crippen LogP contribution in [0.25, 0.3) is 88.2 Å². The molecule has 62 heavy (non-hydrogen) atoms. The molecule has 0 aliphatic carbocycles. The number of benzene rings is 8. The molecule has 294 valence electrons. The second kappa shape index (κ2) is 16.1. The van der Waals surface area contributed by atoms with E-state index in [1.165, 1.54) is 25.7 Å². The minimum Gasteiger partial charge on any atom is -0.354 e. The van der Waals surface area contributed by atoms with Gasteiger partial charge in [-0.25, -0.2) is 9.97 Å². The molecule has 0 fully saturated rings. The molecule has 4 nitrogen and oxygen atoms in total. The summed E-state index contributed by atoms with van der Waals surface area (Å²) in [7, 11) is 0. The lowest BCUT2D eigenvalue weighted by molar-refractivity contribution is 0.928. The topological polar surface area (TPSA) is 63.8 Å². The molecule has 0 saturated carbocycles. The van der Waals surface area contributed by atoms with Crippen LogP contribution >= 0.6 is 11.3 Å². The van der Waals surface area contributed by atoms with E-state index in [0.29, 0.717) is 5.82 Å². The van der Waals surface area contributed by atoms with Crippen LogP contribution in [0.3, 0.4) is 0 Å². The molecule has 0 radical (unpaired) electrons. The fraction of sp³-hybridized carbons (Fsp3) is 0.0175. The van der Waals surface area contributed by atoms with Gasteiger partial charge in [0.15, 0.2) is 5.82 Å². The molecule has 1 unspecified atom stereocenters. The highest BCUT2D eigenvalue weighted by Crippen LogP contribution is 2.42. The fourth-order valence-corrected chi connectivity index (χ4v) is 9.87. The maximum absolute atomic E-state index is 7.33. The number of nitrogens with zero attached hydrogens (tertiary/aromatic N) is 2. The molecular formula is C57H40N4S. The van der Waals surface area contributed by atoms with Crippen LogP contribution in [-0.4, -0.2) is 9.97 Å². The number of aromatic nitrogens is 2. The van der Waals surface area contributed by atoms with Gasteiger partial charge in [-0.3, -0.25) is 0 Å². The van der Waals surface area contributed by atoms with Crippen molar-refractivity contribution in [1.29, 1.82) is 0 Å². The van der Waals surface area contributed by atoms with E-state index in [-0.39, 0.29) is 0 Å². The predicted octanol–water partition coefficient (Wildman–Crippen LogP) is 14.2. The lowest BCUT2D eigenvalue weighted by Gasteiger charge is -2.28. The maximum atomic E-state index is 7.33. The molecular weight excluding hydrogens is 773 g/mol. The number of fused-ring (bicyclic) bond motifs is 4.